The first-order chi connectivity index (χ1) is 56.8. The van der Waals surface area contributed by atoms with Crippen LogP contribution in [0.3, 0.4) is 0 Å². The van der Waals surface area contributed by atoms with Crippen molar-refractivity contribution in [2.75, 3.05) is 26.2 Å². The number of hydrogen-bond acceptors (Lipinski definition) is 19. The number of rotatable bonds is 48. The zero-order valence-electron chi connectivity index (χ0n) is 67.8. The van der Waals surface area contributed by atoms with Crippen molar-refractivity contribution in [2.24, 2.45) is 34.8 Å². The fraction of sp³-hybridized carbons (Fsp3) is 0.512. The molecular weight excluding hydrogens is 1540 g/mol. The summed E-state index contributed by atoms with van der Waals surface area (Å²) in [6.07, 6.45) is 6.94. The van der Waals surface area contributed by atoms with Gasteiger partial charge in [-0.3, -0.25) is 67.1 Å². The normalized spacial score (nSPS) is 16.5. The zero-order valence-corrected chi connectivity index (χ0v) is 67.8. The van der Waals surface area contributed by atoms with Crippen molar-refractivity contribution in [3.05, 3.63) is 120 Å². The minimum absolute atomic E-state index is 0.0153. The third kappa shape index (κ3) is 27.7. The van der Waals surface area contributed by atoms with Crippen LogP contribution in [-0.2, 0) is 97.6 Å². The van der Waals surface area contributed by atoms with E-state index in [4.69, 9.17) is 22.9 Å². The van der Waals surface area contributed by atoms with Crippen LogP contribution in [-0.4, -0.2) is 227 Å². The van der Waals surface area contributed by atoms with Gasteiger partial charge in [0, 0.05) is 92.0 Å². The first-order valence-corrected chi connectivity index (χ1v) is 40.5. The third-order valence-corrected chi connectivity index (χ3v) is 21.0. The predicted octanol–water partition coefficient (Wildman–Crippen LogP) is -0.226. The first-order valence-electron chi connectivity index (χ1n) is 40.5. The molecule has 2 aliphatic heterocycles. The summed E-state index contributed by atoms with van der Waals surface area (Å²) < 4.78 is 0. The van der Waals surface area contributed by atoms with Gasteiger partial charge in [0.2, 0.25) is 82.7 Å². The number of benzene rings is 3. The quantitative estimate of drug-likeness (QED) is 0.0219. The molecule has 0 aliphatic carbocycles. The van der Waals surface area contributed by atoms with Crippen molar-refractivity contribution in [1.82, 2.24) is 82.9 Å². The van der Waals surface area contributed by atoms with E-state index < -0.39 is 181 Å². The lowest BCUT2D eigenvalue weighted by molar-refractivity contribution is -0.144. The van der Waals surface area contributed by atoms with Gasteiger partial charge in [-0.25, -0.2) is 9.78 Å². The first kappa shape index (κ1) is 92.2. The van der Waals surface area contributed by atoms with Gasteiger partial charge in [-0.05, 0) is 130 Å². The Morgan fingerprint density at radius 2 is 1.01 bits per heavy atom. The molecular formula is C82H114N20O17. The summed E-state index contributed by atoms with van der Waals surface area (Å²) in [5.41, 5.74) is 26.5. The number of aliphatic carboxylic acids is 1. The fourth-order valence-electron chi connectivity index (χ4n) is 14.5. The second-order valence-electron chi connectivity index (χ2n) is 31.3. The van der Waals surface area contributed by atoms with Gasteiger partial charge in [0.25, 0.3) is 0 Å². The number of carbonyl (C=O) groups excluding carboxylic acids is 14. The molecule has 0 saturated carbocycles. The lowest BCUT2D eigenvalue weighted by atomic mass is 9.99. The number of hydrogen-bond donors (Lipinski definition) is 19. The number of carboxylic acid groups (broad SMARTS) is 1. The number of phenolic OH excluding ortho intramolecular Hbond substituents is 1. The number of aromatic nitrogens is 4. The van der Waals surface area contributed by atoms with E-state index in [1.165, 1.54) is 46.6 Å². The zero-order chi connectivity index (χ0) is 86.6. The molecule has 0 bridgehead atoms. The highest BCUT2D eigenvalue weighted by atomic mass is 16.4. The number of primary amides is 2. The van der Waals surface area contributed by atoms with Crippen LogP contribution in [0, 0.1) is 11.8 Å². The molecule has 0 spiro atoms. The number of nitrogens with two attached hydrogens (primary N) is 4. The Labute approximate surface area is 688 Å². The maximum absolute atomic E-state index is 15.2. The minimum Gasteiger partial charge on any atom is -0.508 e. The molecule has 23 N–H and O–H groups in total. The van der Waals surface area contributed by atoms with Crippen molar-refractivity contribution in [3.63, 3.8) is 0 Å². The van der Waals surface area contributed by atoms with Crippen molar-refractivity contribution >= 4 is 110 Å². The van der Waals surface area contributed by atoms with Crippen LogP contribution in [0.25, 0.3) is 21.8 Å². The van der Waals surface area contributed by atoms with Gasteiger partial charge >= 0.3 is 5.97 Å². The van der Waals surface area contributed by atoms with Gasteiger partial charge in [0.1, 0.15) is 72.2 Å². The molecule has 3 aromatic carbocycles. The highest BCUT2D eigenvalue weighted by Gasteiger charge is 2.42. The van der Waals surface area contributed by atoms with Crippen LogP contribution in [0.5, 0.6) is 5.75 Å². The molecule has 119 heavy (non-hydrogen) atoms. The fourth-order valence-corrected chi connectivity index (χ4v) is 14.5. The number of aromatic amines is 3. The van der Waals surface area contributed by atoms with Crippen molar-refractivity contribution in [1.29, 1.82) is 0 Å². The molecule has 12 atom stereocenters. The number of carbonyl (C=O) groups is 15. The summed E-state index contributed by atoms with van der Waals surface area (Å²) in [7, 11) is 0. The Morgan fingerprint density at radius 1 is 0.529 bits per heavy atom. The molecule has 2 fully saturated rings. The standard InChI is InChI=1S/C82H114N20O17/c1-6-7-17-57(73(109)100-66(82(118)119)36-47-22-24-51(103)25-23-47)93-80(116)67-21-14-32-102(67)70(106)43-101-33-30-60(81(101)117)94-72(108)58(20-12-13-31-83)91-75(111)61(34-45(2)3)96-74(110)59(27-29-69(86)105)92-76(112)62(35-46(4)5)97-78(114)64(38-49-41-89-56-19-11-9-16-53(49)56)98-79(115)65(39-50-42-87-44-90-50)99-77(113)63(95-71(107)54(84)26-28-68(85)104)37-48-40-88-55-18-10-8-15-52(48)55/h8-11,15-16,18-19,22-25,40-42,44-46,54,57-67,88-89,103H,6-7,12-14,17,20-21,26-39,43,83-84H2,1-5H3,(H2,85,104)(H2,86,105)(H,87,90)(H,91,111)(H,92,112)(H,93,116)(H,94,108)(H,95,107)(H,96,110)(H,97,114)(H,98,115)(H,99,113)(H,100,109)(H,118,119)/t54-,57-,58-,59-,60-,61-,62-,63-,64-,65-,66-,67-/m0/s1. The summed E-state index contributed by atoms with van der Waals surface area (Å²) in [6, 6.07) is 4.07. The number of carboxylic acids is 1. The van der Waals surface area contributed by atoms with Gasteiger partial charge in [0.15, 0.2) is 0 Å². The monoisotopic (exact) mass is 1650 g/mol. The van der Waals surface area contributed by atoms with Crippen LogP contribution in [0.15, 0.2) is 97.7 Å². The summed E-state index contributed by atoms with van der Waals surface area (Å²) in [4.78, 5) is 226. The second-order valence-corrected chi connectivity index (χ2v) is 31.3. The average molecular weight is 1650 g/mol. The van der Waals surface area contributed by atoms with Gasteiger partial charge in [-0.2, -0.15) is 0 Å². The average Bonchev–Trinajstić information content (AvgIpc) is 1.71. The lowest BCUT2D eigenvalue weighted by Gasteiger charge is -2.29. The molecule has 3 aromatic heterocycles. The minimum atomic E-state index is -1.60. The predicted molar refractivity (Wildman–Crippen MR) is 437 cm³/mol. The van der Waals surface area contributed by atoms with Crippen LogP contribution in [0.1, 0.15) is 153 Å². The largest absolute Gasteiger partial charge is 0.508 e. The Bertz CT molecular complexity index is 4530. The van der Waals surface area contributed by atoms with Crippen LogP contribution < -0.4 is 76.1 Å². The van der Waals surface area contributed by atoms with E-state index in [0.29, 0.717) is 65.4 Å². The lowest BCUT2D eigenvalue weighted by Crippen LogP contribution is -2.61. The molecule has 5 heterocycles. The number of likely N-dealkylation sites (tertiary alicyclic amines) is 2. The molecule has 2 saturated heterocycles. The van der Waals surface area contributed by atoms with Gasteiger partial charge in [-0.1, -0.05) is 96.0 Å². The Kier molecular flexibility index (Phi) is 34.8. The summed E-state index contributed by atoms with van der Waals surface area (Å²) >= 11 is 0. The van der Waals surface area contributed by atoms with E-state index in [0.717, 1.165) is 10.9 Å². The summed E-state index contributed by atoms with van der Waals surface area (Å²) in [6.45, 7) is 8.86. The van der Waals surface area contributed by atoms with Gasteiger partial charge in [0.05, 0.1) is 24.6 Å². The number of para-hydroxylation sites is 2. The second kappa shape index (κ2) is 44.9. The topological polar surface area (TPSA) is 588 Å². The van der Waals surface area contributed by atoms with E-state index >= 15 is 9.59 Å². The smallest absolute Gasteiger partial charge is 0.326 e. The van der Waals surface area contributed by atoms with Crippen molar-refractivity contribution < 1.29 is 82.1 Å². The number of nitrogens with one attached hydrogen (secondary N) is 13. The maximum atomic E-state index is 15.2. The van der Waals surface area contributed by atoms with Crippen LogP contribution in [0.4, 0.5) is 0 Å². The number of aromatic hydroxyl groups is 1. The molecule has 14 amide bonds. The third-order valence-electron chi connectivity index (χ3n) is 21.0. The molecule has 0 unspecified atom stereocenters. The Balaban J connectivity index is 0.947. The van der Waals surface area contributed by atoms with E-state index in [1.807, 2.05) is 25.1 Å². The number of amides is 14. The number of phenols is 1. The highest BCUT2D eigenvalue weighted by molar-refractivity contribution is 6.01. The maximum Gasteiger partial charge on any atom is 0.326 e. The molecule has 0 radical (unpaired) electrons. The summed E-state index contributed by atoms with van der Waals surface area (Å²) in [5, 5.41) is 48.3. The van der Waals surface area contributed by atoms with E-state index in [9.17, 15) is 72.5 Å². The molecule has 6 aromatic rings. The highest BCUT2D eigenvalue weighted by Crippen LogP contribution is 2.25. The Morgan fingerprint density at radius 3 is 1.53 bits per heavy atom. The number of imidazole rings is 1. The Hall–Kier alpha value is -12.3. The van der Waals surface area contributed by atoms with Crippen molar-refractivity contribution in [2.45, 2.75) is 229 Å². The number of nitrogens with zero attached hydrogens (tertiary/aromatic N) is 3. The van der Waals surface area contributed by atoms with Gasteiger partial charge in [-0.15, -0.1) is 0 Å². The molecule has 644 valence electrons. The summed E-state index contributed by atoms with van der Waals surface area (Å²) in [5.74, 6) is -13.0. The molecule has 8 rings (SSSR count). The molecule has 2 aliphatic rings. The van der Waals surface area contributed by atoms with E-state index in [-0.39, 0.29) is 114 Å². The molecule has 37 heteroatoms. The number of fused-ring (bicyclic) bond motifs is 2. The number of unbranched alkanes of at least 4 members (excludes halogenated alkanes) is 2. The van der Waals surface area contributed by atoms with E-state index in [1.54, 1.807) is 70.4 Å². The molecule has 37 nitrogen and oxygen atoms in total. The number of H-pyrrole nitrogens is 3. The van der Waals surface area contributed by atoms with Crippen molar-refractivity contribution in [3.8, 4) is 5.75 Å². The SMILES string of the molecule is CCCC[C@H](NC(=O)[C@@H]1CCCN1C(=O)CN1CC[C@H](NC(=O)[C@H](CCCCN)NC(=O)[C@H](CC(C)C)NC(=O)[C@H](CCC(N)=O)NC(=O)[C@H](CC(C)C)NC(=O)[C@H](Cc2c[nH]c3ccccc23)NC(=O)[C@H](Cc2c[nH]cn2)NC(=O)[C@H](Cc2c[nH]c3ccccc23)NC(=O)[C@@H](N)CCC(N)=O)C1=O)C(=O)N[C@@H](Cc1ccc(O)cc1)C(=O)O. The van der Waals surface area contributed by atoms with Crippen LogP contribution >= 0.6 is 0 Å². The van der Waals surface area contributed by atoms with Crippen LogP contribution in [0.2, 0.25) is 0 Å². The van der Waals surface area contributed by atoms with E-state index in [2.05, 4.69) is 73.1 Å². The van der Waals surface area contributed by atoms with Gasteiger partial charge < -0.3 is 111 Å².